The minimum absolute atomic E-state index is 0. The van der Waals surface area contributed by atoms with Gasteiger partial charge in [0, 0.05) is 48.3 Å². The molecule has 4 aromatic rings. The molecular formula is C28H34CuN8O3. The first kappa shape index (κ1) is 28.1. The second-order valence-corrected chi connectivity index (χ2v) is 10.6. The number of nitrogens with zero attached hydrogens (tertiary/aromatic N) is 6. The molecule has 2 fully saturated rings. The molecule has 6 rings (SSSR count). The second-order valence-electron chi connectivity index (χ2n) is 10.6. The van der Waals surface area contributed by atoms with Crippen LogP contribution in [0.2, 0.25) is 0 Å². The van der Waals surface area contributed by atoms with E-state index in [1.54, 1.807) is 15.8 Å². The third-order valence-corrected chi connectivity index (χ3v) is 7.89. The molecule has 215 valence electrons. The van der Waals surface area contributed by atoms with Gasteiger partial charge < -0.3 is 20.7 Å². The Kier molecular flexibility index (Phi) is 8.11. The van der Waals surface area contributed by atoms with Gasteiger partial charge >= 0.3 is 11.8 Å². The first-order valence-corrected chi connectivity index (χ1v) is 13.7. The number of nitrogen functional groups attached to an aromatic ring is 1. The molecular weight excluding hydrogens is 560 g/mol. The Bertz CT molecular complexity index is 1540. The van der Waals surface area contributed by atoms with E-state index in [2.05, 4.69) is 33.5 Å². The summed E-state index contributed by atoms with van der Waals surface area (Å²) >= 11 is 0. The van der Waals surface area contributed by atoms with Crippen molar-refractivity contribution in [2.75, 3.05) is 24.2 Å². The van der Waals surface area contributed by atoms with Crippen molar-refractivity contribution in [1.82, 2.24) is 29.4 Å². The number of nitrogens with two attached hydrogens (primary N) is 1. The topological polar surface area (TPSA) is 133 Å². The summed E-state index contributed by atoms with van der Waals surface area (Å²) in [6.45, 7) is 6.10. The number of anilines is 2. The zero-order valence-corrected chi connectivity index (χ0v) is 23.6. The van der Waals surface area contributed by atoms with Crippen LogP contribution in [-0.4, -0.2) is 54.4 Å². The average Bonchev–Trinajstić information content (AvgIpc) is 3.59. The van der Waals surface area contributed by atoms with Gasteiger partial charge in [0.2, 0.25) is 0 Å². The molecule has 3 N–H and O–H groups in total. The molecule has 5 heterocycles. The number of nitrogens with one attached hydrogen (secondary N) is 1. The fraction of sp³-hybridized carbons (Fsp3) is 0.464. The number of fused-ring (bicyclic) bond motifs is 2. The number of carbonyl (C=O) groups excluding carboxylic acids is 2. The number of pyridine rings is 1. The molecule has 2 amide bonds. The molecule has 3 atom stereocenters. The number of ether oxygens (including phenoxy) is 1. The standard InChI is InChI=1S/C28H34N8O3.Cu/c1-3-34-16-19-12-18(8-9-21(19)33-34)23-10-7-17(2)15-35(23)28(38)27(37)32-22-14-30-26(29)20-13-31-36(25(20)22)24-6-4-5-11-39-24;/h8-9,12-14,16-17,23-24H,3-7,10-11,15H2,1-2H3,(H2,29,30)(H,32,37);. The number of hydrogen-bond acceptors (Lipinski definition) is 7. The van der Waals surface area contributed by atoms with E-state index in [1.165, 1.54) is 6.20 Å². The number of piperidine rings is 1. The molecule has 40 heavy (non-hydrogen) atoms. The molecule has 0 aliphatic carbocycles. The zero-order valence-electron chi connectivity index (χ0n) is 22.6. The summed E-state index contributed by atoms with van der Waals surface area (Å²) in [6, 6.07) is 5.90. The molecule has 0 saturated carbocycles. The van der Waals surface area contributed by atoms with Crippen LogP contribution in [0.1, 0.15) is 63.8 Å². The van der Waals surface area contributed by atoms with Gasteiger partial charge in [-0.05, 0) is 62.6 Å². The molecule has 0 spiro atoms. The van der Waals surface area contributed by atoms with Crippen molar-refractivity contribution in [3.05, 3.63) is 42.4 Å². The van der Waals surface area contributed by atoms with E-state index >= 15 is 0 Å². The minimum atomic E-state index is -0.709. The summed E-state index contributed by atoms with van der Waals surface area (Å²) in [7, 11) is 0. The Labute approximate surface area is 242 Å². The Morgan fingerprint density at radius 2 is 2.02 bits per heavy atom. The van der Waals surface area contributed by atoms with E-state index in [9.17, 15) is 9.59 Å². The molecule has 2 aliphatic rings. The van der Waals surface area contributed by atoms with Gasteiger partial charge in [0.1, 0.15) is 11.3 Å². The number of carbonyl (C=O) groups is 2. The van der Waals surface area contributed by atoms with Gasteiger partial charge in [0.25, 0.3) is 0 Å². The maximum absolute atomic E-state index is 13.7. The fourth-order valence-corrected chi connectivity index (χ4v) is 5.80. The van der Waals surface area contributed by atoms with E-state index in [0.29, 0.717) is 41.5 Å². The van der Waals surface area contributed by atoms with Crippen LogP contribution in [-0.2, 0) is 37.9 Å². The monoisotopic (exact) mass is 593 g/mol. The summed E-state index contributed by atoms with van der Waals surface area (Å²) in [4.78, 5) is 33.1. The number of amides is 2. The Balaban J connectivity index is 0.00000323. The molecule has 2 aliphatic heterocycles. The average molecular weight is 594 g/mol. The van der Waals surface area contributed by atoms with Crippen molar-refractivity contribution < 1.29 is 31.4 Å². The van der Waals surface area contributed by atoms with Gasteiger partial charge in [-0.3, -0.25) is 14.3 Å². The Hall–Kier alpha value is -3.47. The largest absolute Gasteiger partial charge is 0.383 e. The van der Waals surface area contributed by atoms with Crippen LogP contribution in [0.4, 0.5) is 11.5 Å². The molecule has 3 unspecified atom stereocenters. The van der Waals surface area contributed by atoms with Crippen molar-refractivity contribution in [2.24, 2.45) is 5.92 Å². The van der Waals surface area contributed by atoms with E-state index in [4.69, 9.17) is 10.5 Å². The summed E-state index contributed by atoms with van der Waals surface area (Å²) in [5, 5.41) is 13.5. The van der Waals surface area contributed by atoms with Crippen molar-refractivity contribution in [2.45, 2.75) is 64.8 Å². The molecule has 1 radical (unpaired) electrons. The van der Waals surface area contributed by atoms with Gasteiger partial charge in [-0.2, -0.15) is 10.2 Å². The number of benzene rings is 1. The minimum Gasteiger partial charge on any atom is -0.383 e. The van der Waals surface area contributed by atoms with Crippen molar-refractivity contribution >= 4 is 45.1 Å². The quantitative estimate of drug-likeness (QED) is 0.270. The molecule has 3 aromatic heterocycles. The predicted octanol–water partition coefficient (Wildman–Crippen LogP) is 4.02. The van der Waals surface area contributed by atoms with Crippen LogP contribution >= 0.6 is 0 Å². The van der Waals surface area contributed by atoms with Gasteiger partial charge in [0.05, 0.1) is 35.0 Å². The number of hydrogen-bond donors (Lipinski definition) is 2. The van der Waals surface area contributed by atoms with Crippen molar-refractivity contribution in [3.63, 3.8) is 0 Å². The Morgan fingerprint density at radius 1 is 1.18 bits per heavy atom. The fourth-order valence-electron chi connectivity index (χ4n) is 5.80. The number of rotatable bonds is 4. The SMILES string of the molecule is CCn1cc2cc(C3CCC(C)CN3C(=O)C(=O)Nc3cnc(N)c4cnn(C5CCCCO5)c34)ccc2n1.[Cu]. The number of aromatic nitrogens is 5. The van der Waals surface area contributed by atoms with Gasteiger partial charge in [-0.15, -0.1) is 0 Å². The number of likely N-dealkylation sites (tertiary alicyclic amines) is 1. The third-order valence-electron chi connectivity index (χ3n) is 7.89. The third kappa shape index (κ3) is 5.18. The smallest absolute Gasteiger partial charge is 0.314 e. The molecule has 1 aromatic carbocycles. The maximum atomic E-state index is 13.7. The van der Waals surface area contributed by atoms with E-state index in [-0.39, 0.29) is 29.3 Å². The van der Waals surface area contributed by atoms with Crippen molar-refractivity contribution in [3.8, 4) is 0 Å². The van der Waals surface area contributed by atoms with Gasteiger partial charge in [-0.1, -0.05) is 13.0 Å². The summed E-state index contributed by atoms with van der Waals surface area (Å²) in [5.41, 5.74) is 9.05. The first-order valence-electron chi connectivity index (χ1n) is 13.7. The van der Waals surface area contributed by atoms with Gasteiger partial charge in [-0.25, -0.2) is 9.67 Å². The first-order chi connectivity index (χ1) is 18.9. The van der Waals surface area contributed by atoms with Crippen LogP contribution in [0.3, 0.4) is 0 Å². The summed E-state index contributed by atoms with van der Waals surface area (Å²) < 4.78 is 9.57. The van der Waals surface area contributed by atoms with Crippen molar-refractivity contribution in [1.29, 1.82) is 0 Å². The van der Waals surface area contributed by atoms with Crippen LogP contribution in [0.25, 0.3) is 21.8 Å². The summed E-state index contributed by atoms with van der Waals surface area (Å²) in [6.07, 6.45) is 9.46. The second kappa shape index (κ2) is 11.6. The molecule has 2 saturated heterocycles. The van der Waals surface area contributed by atoms with Gasteiger partial charge in [0.15, 0.2) is 6.23 Å². The van der Waals surface area contributed by atoms with Crippen LogP contribution in [0.15, 0.2) is 36.8 Å². The number of aryl methyl sites for hydroxylation is 1. The molecule has 12 heteroatoms. The normalized spacial score (nSPS) is 21.4. The Morgan fingerprint density at radius 3 is 2.80 bits per heavy atom. The van der Waals surface area contributed by atoms with E-state index in [1.807, 2.05) is 29.9 Å². The predicted molar refractivity (Wildman–Crippen MR) is 148 cm³/mol. The summed E-state index contributed by atoms with van der Waals surface area (Å²) in [5.74, 6) is -0.678. The van der Waals surface area contributed by atoms with Crippen LogP contribution in [0, 0.1) is 5.92 Å². The van der Waals surface area contributed by atoms with E-state index in [0.717, 1.165) is 55.1 Å². The molecule has 11 nitrogen and oxygen atoms in total. The van der Waals surface area contributed by atoms with Crippen LogP contribution in [0.5, 0.6) is 0 Å². The zero-order chi connectivity index (χ0) is 27.1. The van der Waals surface area contributed by atoms with E-state index < -0.39 is 11.8 Å². The van der Waals surface area contributed by atoms with Crippen LogP contribution < -0.4 is 11.1 Å². The molecule has 0 bridgehead atoms. The maximum Gasteiger partial charge on any atom is 0.314 e.